The van der Waals surface area contributed by atoms with Crippen LogP contribution in [-0.4, -0.2) is 34.4 Å². The quantitative estimate of drug-likeness (QED) is 0.492. The van der Waals surface area contributed by atoms with E-state index in [1.165, 1.54) is 10.8 Å². The third-order valence-corrected chi connectivity index (χ3v) is 4.03. The Morgan fingerprint density at radius 3 is 2.92 bits per heavy atom. The van der Waals surface area contributed by atoms with Gasteiger partial charge in [-0.05, 0) is 38.1 Å². The predicted molar refractivity (Wildman–Crippen MR) is 84.5 cm³/mol. The molecule has 0 bridgehead atoms. The van der Waals surface area contributed by atoms with Crippen LogP contribution >= 0.6 is 0 Å². The van der Waals surface area contributed by atoms with Crippen molar-refractivity contribution in [1.29, 1.82) is 0 Å². The Bertz CT molecular complexity index is 745. The van der Waals surface area contributed by atoms with Crippen LogP contribution in [0.15, 0.2) is 20.9 Å². The highest BCUT2D eigenvalue weighted by Gasteiger charge is 2.37. The summed E-state index contributed by atoms with van der Waals surface area (Å²) >= 11 is 0. The van der Waals surface area contributed by atoms with Crippen LogP contribution in [0, 0.1) is 32.6 Å². The molecule has 9 heteroatoms. The van der Waals surface area contributed by atoms with Crippen molar-refractivity contribution in [3.63, 3.8) is 0 Å². The number of nitrogens with zero attached hydrogens (tertiary/aromatic N) is 4. The lowest BCUT2D eigenvalue weighted by molar-refractivity contribution is -0.0521. The Morgan fingerprint density at radius 1 is 1.46 bits per heavy atom. The van der Waals surface area contributed by atoms with Crippen molar-refractivity contribution < 1.29 is 9.47 Å². The minimum Gasteiger partial charge on any atom is -0.375 e. The maximum atomic E-state index is 12.0. The molecule has 4 radical (unpaired) electrons. The molecule has 0 aromatic carbocycles. The third-order valence-electron chi connectivity index (χ3n) is 4.03. The number of azide groups is 1. The van der Waals surface area contributed by atoms with Gasteiger partial charge in [0, 0.05) is 23.1 Å². The van der Waals surface area contributed by atoms with E-state index in [-0.39, 0.29) is 12.7 Å². The van der Waals surface area contributed by atoms with E-state index in [4.69, 9.17) is 15.0 Å². The molecular formula is C15H17N5O4. The topological polar surface area (TPSA) is 122 Å². The largest absolute Gasteiger partial charge is 0.375 e. The van der Waals surface area contributed by atoms with Gasteiger partial charge in [-0.1, -0.05) is 5.11 Å². The minimum atomic E-state index is -0.619. The zero-order chi connectivity index (χ0) is 17.1. The summed E-state index contributed by atoms with van der Waals surface area (Å²) in [5.74, 6) is 0. The van der Waals surface area contributed by atoms with Crippen molar-refractivity contribution in [2.45, 2.75) is 37.8 Å². The molecule has 1 aliphatic heterocycles. The van der Waals surface area contributed by atoms with Crippen molar-refractivity contribution in [2.75, 3.05) is 6.61 Å². The van der Waals surface area contributed by atoms with Gasteiger partial charge in [0.2, 0.25) is 0 Å². The number of nitrogens with one attached hydrogen (secondary N) is 1. The highest BCUT2D eigenvalue weighted by Crippen LogP contribution is 2.31. The summed E-state index contributed by atoms with van der Waals surface area (Å²) in [7, 11) is 0. The van der Waals surface area contributed by atoms with Gasteiger partial charge in [-0.2, -0.15) is 0 Å². The summed E-state index contributed by atoms with van der Waals surface area (Å²) in [5.41, 5.74) is 8.16. The highest BCUT2D eigenvalue weighted by atomic mass is 16.6. The van der Waals surface area contributed by atoms with Crippen LogP contribution in [0.4, 0.5) is 0 Å². The van der Waals surface area contributed by atoms with Crippen molar-refractivity contribution in [1.82, 2.24) is 9.55 Å². The molecular weight excluding hydrogens is 314 g/mol. The van der Waals surface area contributed by atoms with Gasteiger partial charge in [-0.3, -0.25) is 14.3 Å². The Morgan fingerprint density at radius 2 is 2.21 bits per heavy atom. The molecule has 1 saturated carbocycles. The molecule has 2 heterocycles. The van der Waals surface area contributed by atoms with E-state index in [2.05, 4.69) is 15.0 Å². The fourth-order valence-electron chi connectivity index (χ4n) is 2.75. The van der Waals surface area contributed by atoms with Crippen LogP contribution in [0.1, 0.15) is 18.2 Å². The number of aromatic amines is 1. The van der Waals surface area contributed by atoms with E-state index in [0.29, 0.717) is 12.0 Å². The second-order valence-corrected chi connectivity index (χ2v) is 5.68. The minimum absolute atomic E-state index is 0.127. The molecule has 1 aliphatic carbocycles. The average Bonchev–Trinajstić information content (AvgIpc) is 3.19. The second-order valence-electron chi connectivity index (χ2n) is 5.68. The first-order valence-electron chi connectivity index (χ1n) is 7.57. The van der Waals surface area contributed by atoms with Gasteiger partial charge < -0.3 is 9.47 Å². The van der Waals surface area contributed by atoms with E-state index in [1.807, 2.05) is 25.7 Å². The molecule has 1 N–H and O–H groups in total. The fraction of sp³-hybridized carbons (Fsp3) is 0.467. The number of hydrogen-bond donors (Lipinski definition) is 1. The lowest BCUT2D eigenvalue weighted by Gasteiger charge is -2.19. The molecule has 1 saturated heterocycles. The molecule has 3 atom stereocenters. The van der Waals surface area contributed by atoms with Gasteiger partial charge in [0.05, 0.1) is 24.9 Å². The smallest absolute Gasteiger partial charge is 0.330 e. The van der Waals surface area contributed by atoms with Crippen molar-refractivity contribution in [2.24, 2.45) is 5.11 Å². The van der Waals surface area contributed by atoms with Crippen LogP contribution in [0.25, 0.3) is 10.4 Å². The molecule has 0 amide bonds. The summed E-state index contributed by atoms with van der Waals surface area (Å²) in [6.45, 7) is 1.84. The molecule has 1 aromatic rings. The summed E-state index contributed by atoms with van der Waals surface area (Å²) in [6.07, 6.45) is 8.13. The lowest BCUT2D eigenvalue weighted by Crippen LogP contribution is -2.33. The fourth-order valence-corrected chi connectivity index (χ4v) is 2.75. The third kappa shape index (κ3) is 3.53. The van der Waals surface area contributed by atoms with Gasteiger partial charge in [-0.15, -0.1) is 0 Å². The first-order valence-corrected chi connectivity index (χ1v) is 7.57. The van der Waals surface area contributed by atoms with Gasteiger partial charge in [0.25, 0.3) is 5.56 Å². The SMILES string of the molecule is Cc1cn([C@H]2C[C@H](N=[N+]=[N-])[C@@H](COC3[CH][CH][CH][CH]3)O2)c(=O)[nH]c1=O. The van der Waals surface area contributed by atoms with Crippen LogP contribution in [0.2, 0.25) is 0 Å². The maximum absolute atomic E-state index is 12.0. The number of rotatable bonds is 5. The summed E-state index contributed by atoms with van der Waals surface area (Å²) in [6, 6.07) is -0.450. The summed E-state index contributed by atoms with van der Waals surface area (Å²) < 4.78 is 12.9. The molecule has 2 aliphatic rings. The Hall–Kier alpha value is -2.09. The monoisotopic (exact) mass is 331 g/mol. The lowest BCUT2D eigenvalue weighted by atomic mass is 10.1. The standard InChI is InChI=1S/C15H17N5O4/c1-9-7-20(15(22)17-14(9)21)13-6-11(18-19-16)12(24-13)8-23-10-4-2-3-5-10/h2-5,7,10-13H,6,8H2,1H3,(H,17,21,22)/t11-,12+,13+/m0/s1. The molecule has 0 spiro atoms. The molecule has 126 valence electrons. The first-order chi connectivity index (χ1) is 11.6. The van der Waals surface area contributed by atoms with Crippen LogP contribution in [-0.2, 0) is 9.47 Å². The number of H-pyrrole nitrogens is 1. The molecule has 1 aromatic heterocycles. The van der Waals surface area contributed by atoms with Gasteiger partial charge in [-0.25, -0.2) is 4.79 Å². The molecule has 0 unspecified atom stereocenters. The first kappa shape index (κ1) is 16.8. The summed E-state index contributed by atoms with van der Waals surface area (Å²) in [4.78, 5) is 28.6. The van der Waals surface area contributed by atoms with Crippen molar-refractivity contribution in [3.05, 3.63) is 68.7 Å². The van der Waals surface area contributed by atoms with Crippen LogP contribution in [0.3, 0.4) is 0 Å². The maximum Gasteiger partial charge on any atom is 0.330 e. The Balaban J connectivity index is 1.74. The van der Waals surface area contributed by atoms with Crippen LogP contribution < -0.4 is 11.2 Å². The van der Waals surface area contributed by atoms with Crippen molar-refractivity contribution >= 4 is 0 Å². The molecule has 3 rings (SSSR count). The van der Waals surface area contributed by atoms with Gasteiger partial charge in [0.1, 0.15) is 6.23 Å². The van der Waals surface area contributed by atoms with Crippen LogP contribution in [0.5, 0.6) is 0 Å². The van der Waals surface area contributed by atoms with E-state index in [9.17, 15) is 9.59 Å². The molecule has 24 heavy (non-hydrogen) atoms. The second kappa shape index (κ2) is 7.21. The predicted octanol–water partition coefficient (Wildman–Crippen LogP) is 1.03. The number of ether oxygens (including phenoxy) is 2. The van der Waals surface area contributed by atoms with E-state index < -0.39 is 29.6 Å². The van der Waals surface area contributed by atoms with Crippen molar-refractivity contribution in [3.8, 4) is 0 Å². The van der Waals surface area contributed by atoms with Gasteiger partial charge >= 0.3 is 5.69 Å². The zero-order valence-electron chi connectivity index (χ0n) is 13.0. The van der Waals surface area contributed by atoms with Gasteiger partial charge in [0.15, 0.2) is 0 Å². The zero-order valence-corrected chi connectivity index (χ0v) is 13.0. The van der Waals surface area contributed by atoms with E-state index in [1.54, 1.807) is 6.92 Å². The molecule has 9 nitrogen and oxygen atoms in total. The van der Waals surface area contributed by atoms with E-state index >= 15 is 0 Å². The van der Waals surface area contributed by atoms with E-state index in [0.717, 1.165) is 0 Å². The summed E-state index contributed by atoms with van der Waals surface area (Å²) in [5, 5.41) is 3.75. The average molecular weight is 331 g/mol. The Kier molecular flexibility index (Phi) is 5.03. The Labute approximate surface area is 138 Å². The number of aryl methyl sites for hydroxylation is 1. The highest BCUT2D eigenvalue weighted by molar-refractivity contribution is 5.20. The number of aromatic nitrogens is 2. The number of hydrogen-bond acceptors (Lipinski definition) is 5. The molecule has 2 fully saturated rings. The normalized spacial score (nSPS) is 27.3.